The Hall–Kier alpha value is -3.46. The van der Waals surface area contributed by atoms with E-state index in [1.165, 1.54) is 17.8 Å². The molecule has 0 bridgehead atoms. The zero-order chi connectivity index (χ0) is 34.3. The molecule has 16 heteroatoms. The molecule has 47 heavy (non-hydrogen) atoms. The summed E-state index contributed by atoms with van der Waals surface area (Å²) in [6.45, 7) is 4.91. The smallest absolute Gasteiger partial charge is 0.323 e. The molecule has 0 saturated carbocycles. The van der Waals surface area contributed by atoms with Crippen molar-refractivity contribution in [2.45, 2.75) is 64.8 Å². The molecular weight excluding hydrogens is 648 g/mol. The summed E-state index contributed by atoms with van der Waals surface area (Å²) in [5.41, 5.74) is 4.01. The van der Waals surface area contributed by atoms with E-state index in [9.17, 15) is 9.90 Å². The van der Waals surface area contributed by atoms with Crippen molar-refractivity contribution in [2.24, 2.45) is 5.41 Å². The molecule has 0 radical (unpaired) electrons. The number of anilines is 2. The van der Waals surface area contributed by atoms with Crippen LogP contribution in [0.15, 0.2) is 48.8 Å². The molecule has 0 amide bonds. The summed E-state index contributed by atoms with van der Waals surface area (Å²) in [6, 6.07) is 12.1. The van der Waals surface area contributed by atoms with Crippen LogP contribution in [0.4, 0.5) is 16.2 Å². The first-order chi connectivity index (χ1) is 22.0. The Balaban J connectivity index is 1.41. The number of nitrogens with two attached hydrogens (primary N) is 1. The predicted octanol–water partition coefficient (Wildman–Crippen LogP) is 4.50. The number of hydrogen-bond donors (Lipinski definition) is 3. The highest BCUT2D eigenvalue weighted by molar-refractivity contribution is 8.09. The summed E-state index contributed by atoms with van der Waals surface area (Å²) in [5.74, 6) is 0.291. The fraction of sp³-hybridized carbons (Fsp3) is 0.484. The van der Waals surface area contributed by atoms with Gasteiger partial charge in [-0.1, -0.05) is 57.2 Å². The highest BCUT2D eigenvalue weighted by atomic mass is 32.5. The zero-order valence-corrected chi connectivity index (χ0v) is 29.1. The van der Waals surface area contributed by atoms with Crippen LogP contribution in [0, 0.1) is 5.41 Å². The number of esters is 1. The Morgan fingerprint density at radius 2 is 1.96 bits per heavy atom. The first-order valence-corrected chi connectivity index (χ1v) is 17.7. The number of aromatic nitrogens is 4. The van der Waals surface area contributed by atoms with Crippen LogP contribution in [0.25, 0.3) is 21.9 Å². The number of fused-ring (bicyclic) bond motifs is 2. The maximum absolute atomic E-state index is 16.3. The lowest BCUT2D eigenvalue weighted by Crippen LogP contribution is -2.41. The lowest BCUT2D eigenvalue weighted by atomic mass is 9.98. The van der Waals surface area contributed by atoms with Crippen LogP contribution in [-0.2, 0) is 30.6 Å². The average molecular weight is 690 g/mol. The van der Waals surface area contributed by atoms with E-state index in [1.807, 2.05) is 57.2 Å². The van der Waals surface area contributed by atoms with Crippen LogP contribution in [0.1, 0.15) is 40.8 Å². The number of imidazole rings is 1. The average Bonchev–Trinajstić information content (AvgIpc) is 3.51. The van der Waals surface area contributed by atoms with Crippen molar-refractivity contribution in [2.75, 3.05) is 37.9 Å². The van der Waals surface area contributed by atoms with E-state index in [2.05, 4.69) is 20.0 Å². The largest absolute Gasteiger partial charge is 0.464 e. The zero-order valence-electron chi connectivity index (χ0n) is 27.4. The molecule has 5 rings (SSSR count). The van der Waals surface area contributed by atoms with Crippen LogP contribution < -0.4 is 20.2 Å². The van der Waals surface area contributed by atoms with Crippen molar-refractivity contribution < 1.29 is 32.8 Å². The van der Waals surface area contributed by atoms with Gasteiger partial charge >= 0.3 is 12.6 Å². The van der Waals surface area contributed by atoms with Gasteiger partial charge in [-0.25, -0.2) is 14.5 Å². The van der Waals surface area contributed by atoms with E-state index in [-0.39, 0.29) is 30.2 Å². The third-order valence-corrected chi connectivity index (χ3v) is 10.0. The number of aliphatic hydroxyl groups excluding tert-OH is 1. The Kier molecular flexibility index (Phi) is 9.80. The van der Waals surface area contributed by atoms with Crippen LogP contribution >= 0.6 is 6.64 Å². The van der Waals surface area contributed by atoms with E-state index in [0.29, 0.717) is 17.1 Å². The van der Waals surface area contributed by atoms with Gasteiger partial charge in [0, 0.05) is 19.5 Å². The van der Waals surface area contributed by atoms with Crippen LogP contribution in [0.3, 0.4) is 0 Å². The van der Waals surface area contributed by atoms with Gasteiger partial charge in [0.25, 0.3) is 0 Å². The fourth-order valence-electron chi connectivity index (χ4n) is 5.12. The lowest BCUT2D eigenvalue weighted by molar-refractivity contribution is -0.148. The highest BCUT2D eigenvalue weighted by Gasteiger charge is 2.56. The molecule has 1 fully saturated rings. The van der Waals surface area contributed by atoms with Crippen molar-refractivity contribution >= 4 is 58.1 Å². The first-order valence-electron chi connectivity index (χ1n) is 15.1. The Labute approximate surface area is 277 Å². The predicted molar refractivity (Wildman–Crippen MR) is 181 cm³/mol. The first kappa shape index (κ1) is 34.9. The molecule has 0 spiro atoms. The van der Waals surface area contributed by atoms with Gasteiger partial charge in [0.2, 0.25) is 5.95 Å². The minimum atomic E-state index is -3.58. The monoisotopic (exact) mass is 689 g/mol. The molecule has 2 aromatic carbocycles. The van der Waals surface area contributed by atoms with Crippen molar-refractivity contribution in [3.05, 3.63) is 48.8 Å². The molecule has 2 aromatic heterocycles. The number of halogens is 1. The molecule has 4 N–H and O–H groups in total. The molecule has 1 saturated heterocycles. The van der Waals surface area contributed by atoms with Crippen molar-refractivity contribution in [3.8, 4) is 5.75 Å². The van der Waals surface area contributed by atoms with E-state index < -0.39 is 42.8 Å². The second kappa shape index (κ2) is 13.2. The number of benzene rings is 2. The lowest BCUT2D eigenvalue weighted by Gasteiger charge is -2.29. The summed E-state index contributed by atoms with van der Waals surface area (Å²) in [4.78, 5) is 27.5. The summed E-state index contributed by atoms with van der Waals surface area (Å²) in [7, 11) is 3.54. The number of ether oxygens (including phenoxy) is 2. The second-order valence-electron chi connectivity index (χ2n) is 13.1. The summed E-state index contributed by atoms with van der Waals surface area (Å²) in [6.07, 6.45) is -2.82. The molecule has 254 valence electrons. The molecule has 3 heterocycles. The van der Waals surface area contributed by atoms with E-state index in [0.717, 1.165) is 10.8 Å². The minimum Gasteiger partial charge on any atom is -0.464 e. The van der Waals surface area contributed by atoms with Crippen LogP contribution in [0.2, 0.25) is 0 Å². The second-order valence-corrected chi connectivity index (χ2v) is 16.3. The van der Waals surface area contributed by atoms with Crippen molar-refractivity contribution in [3.63, 3.8) is 0 Å². The molecule has 0 aliphatic carbocycles. The Bertz CT molecular complexity index is 1810. The van der Waals surface area contributed by atoms with Gasteiger partial charge in [0.1, 0.15) is 24.0 Å². The van der Waals surface area contributed by atoms with Gasteiger partial charge in [0.15, 0.2) is 28.9 Å². The van der Waals surface area contributed by atoms with E-state index >= 15 is 4.39 Å². The normalized spacial score (nSPS) is 23.5. The van der Waals surface area contributed by atoms with Crippen molar-refractivity contribution in [1.29, 1.82) is 0 Å². The number of carbonyl (C=O) groups is 1. The number of rotatable bonds is 11. The number of nitrogen functional groups attached to an aromatic ring is 1. The van der Waals surface area contributed by atoms with E-state index in [1.54, 1.807) is 32.0 Å². The van der Waals surface area contributed by atoms with Gasteiger partial charge in [0.05, 0.1) is 19.5 Å². The number of hydrogen-bond acceptors (Lipinski definition) is 12. The van der Waals surface area contributed by atoms with Crippen molar-refractivity contribution in [1.82, 2.24) is 24.6 Å². The standard InChI is InChI=1S/C31H41FN7O6PS/c1-18(27(41)42-16-30(2,3)4)37-46(47,45-21-14-10-12-19-11-8-9-13-20(19)21)43-15-22-24(40)31(5,32)28(44-22)39-17-34-23-25(38(6)7)35-29(33)36-26(23)39/h8-14,17-18,22,24,28,40H,15-16H2,1-7H3,(H,37,47)(H2,33,35,36)/t18-,22+,24+,28+,31+,46?/m0/s1. The maximum atomic E-state index is 16.3. The Morgan fingerprint density at radius 1 is 1.26 bits per heavy atom. The molecule has 4 aromatic rings. The molecule has 6 atom stereocenters. The maximum Gasteiger partial charge on any atom is 0.323 e. The molecule has 1 aliphatic rings. The Morgan fingerprint density at radius 3 is 2.66 bits per heavy atom. The quantitative estimate of drug-likeness (QED) is 0.149. The molecule has 1 aliphatic heterocycles. The van der Waals surface area contributed by atoms with Gasteiger partial charge in [-0.2, -0.15) is 9.97 Å². The number of carbonyl (C=O) groups excluding carboxylic acids is 1. The number of nitrogens with zero attached hydrogens (tertiary/aromatic N) is 5. The van der Waals surface area contributed by atoms with Crippen LogP contribution in [0.5, 0.6) is 5.75 Å². The molecule has 1 unspecified atom stereocenters. The summed E-state index contributed by atoms with van der Waals surface area (Å²) in [5, 5.41) is 15.9. The van der Waals surface area contributed by atoms with Gasteiger partial charge in [-0.15, -0.1) is 0 Å². The third kappa shape index (κ3) is 7.50. The van der Waals surface area contributed by atoms with Crippen LogP contribution in [-0.4, -0.2) is 81.8 Å². The van der Waals surface area contributed by atoms with E-state index in [4.69, 9.17) is 36.1 Å². The minimum absolute atomic E-state index is 0.0329. The summed E-state index contributed by atoms with van der Waals surface area (Å²) >= 11 is 5.92. The highest BCUT2D eigenvalue weighted by Crippen LogP contribution is 2.49. The summed E-state index contributed by atoms with van der Waals surface area (Å²) < 4.78 is 41.8. The van der Waals surface area contributed by atoms with Gasteiger partial charge in [-0.3, -0.25) is 9.36 Å². The molecular formula is C31H41FN7O6PS. The third-order valence-electron chi connectivity index (χ3n) is 7.54. The number of nitrogens with one attached hydrogen (secondary N) is 1. The SMILES string of the molecule is C[C@H](NP(=S)(OC[C@H]1O[C@@H](n2cnc3c(N(C)C)nc(N)nc32)[C@](C)(F)[C@@H]1O)Oc1cccc2ccccc12)C(=O)OCC(C)(C)C. The fourth-order valence-corrected chi connectivity index (χ4v) is 7.54. The number of aliphatic hydroxyl groups is 1. The topological polar surface area (TPSA) is 159 Å². The molecule has 13 nitrogen and oxygen atoms in total. The van der Waals surface area contributed by atoms with Gasteiger partial charge in [-0.05, 0) is 42.5 Å². The number of alkyl halides is 1. The van der Waals surface area contributed by atoms with Gasteiger partial charge < -0.3 is 34.3 Å².